The third kappa shape index (κ3) is 6.09. The van der Waals surface area contributed by atoms with Gasteiger partial charge in [0.15, 0.2) is 0 Å². The Morgan fingerprint density at radius 1 is 1.11 bits per heavy atom. The van der Waals surface area contributed by atoms with Crippen LogP contribution >= 0.6 is 11.3 Å². The topological polar surface area (TPSA) is 84.9 Å². The Bertz CT molecular complexity index is 1230. The zero-order valence-corrected chi connectivity index (χ0v) is 20.7. The number of piperidine rings is 1. The quantitative estimate of drug-likeness (QED) is 0.404. The molecule has 7 nitrogen and oxygen atoms in total. The van der Waals surface area contributed by atoms with E-state index in [4.69, 9.17) is 9.47 Å². The lowest BCUT2D eigenvalue weighted by molar-refractivity contribution is 0.0525. The van der Waals surface area contributed by atoms with Gasteiger partial charge in [-0.05, 0) is 43.5 Å². The molecular weight excluding hydrogens is 483 g/mol. The number of carbonyl (C=O) groups excluding carboxylic acids is 3. The molecule has 1 N–H and O–H groups in total. The van der Waals surface area contributed by atoms with Crippen molar-refractivity contribution in [2.24, 2.45) is 0 Å². The van der Waals surface area contributed by atoms with E-state index >= 15 is 0 Å². The molecule has 1 saturated heterocycles. The van der Waals surface area contributed by atoms with Crippen molar-refractivity contribution in [1.29, 1.82) is 0 Å². The van der Waals surface area contributed by atoms with Crippen LogP contribution in [0.2, 0.25) is 0 Å². The molecular formula is C27H27FN2O5S. The Labute approximate surface area is 212 Å². The fraction of sp³-hybridized carbons (Fsp3) is 0.296. The van der Waals surface area contributed by atoms with Crippen molar-refractivity contribution in [3.05, 3.63) is 87.4 Å². The maximum absolute atomic E-state index is 13.6. The second-order valence-corrected chi connectivity index (χ2v) is 9.31. The SMILES string of the molecule is CCOC(=O)c1c(NC(=O)c2cccc(F)c2)csc1C1CCCN(C(=O)OCc2ccccc2)C1. The standard InChI is InChI=1S/C27H27FN2O5S/c1-2-34-26(32)23-22(29-25(31)19-10-6-12-21(28)14-19)17-36-24(23)20-11-7-13-30(15-20)27(33)35-16-18-8-4-3-5-9-18/h3-6,8-10,12,14,17,20H,2,7,11,13,15-16H2,1H3,(H,29,31). The maximum atomic E-state index is 13.6. The number of halogens is 1. The normalized spacial score (nSPS) is 15.3. The molecule has 0 spiro atoms. The van der Waals surface area contributed by atoms with Crippen molar-refractivity contribution >= 4 is 35.0 Å². The molecule has 1 aromatic heterocycles. The van der Waals surface area contributed by atoms with Gasteiger partial charge in [0.1, 0.15) is 12.4 Å². The molecule has 4 rings (SSSR count). The Hall–Kier alpha value is -3.72. The molecule has 2 amide bonds. The van der Waals surface area contributed by atoms with E-state index in [9.17, 15) is 18.8 Å². The summed E-state index contributed by atoms with van der Waals surface area (Å²) < 4.78 is 24.4. The third-order valence-corrected chi connectivity index (χ3v) is 7.03. The van der Waals surface area contributed by atoms with E-state index < -0.39 is 23.8 Å². The number of rotatable bonds is 7. The molecule has 9 heteroatoms. The van der Waals surface area contributed by atoms with Crippen LogP contribution in [-0.2, 0) is 16.1 Å². The van der Waals surface area contributed by atoms with Gasteiger partial charge in [-0.2, -0.15) is 0 Å². The van der Waals surface area contributed by atoms with Gasteiger partial charge < -0.3 is 19.7 Å². The molecule has 2 aromatic carbocycles. The Kier molecular flexibility index (Phi) is 8.32. The fourth-order valence-electron chi connectivity index (χ4n) is 4.17. The number of benzene rings is 2. The lowest BCUT2D eigenvalue weighted by atomic mass is 9.94. The number of ether oxygens (including phenoxy) is 2. The summed E-state index contributed by atoms with van der Waals surface area (Å²) in [6, 6.07) is 14.8. The van der Waals surface area contributed by atoms with Crippen LogP contribution in [0.5, 0.6) is 0 Å². The van der Waals surface area contributed by atoms with Gasteiger partial charge in [-0.3, -0.25) is 4.79 Å². The van der Waals surface area contributed by atoms with E-state index in [0.29, 0.717) is 18.8 Å². The average Bonchev–Trinajstić information content (AvgIpc) is 3.31. The fourth-order valence-corrected chi connectivity index (χ4v) is 5.29. The van der Waals surface area contributed by atoms with Crippen LogP contribution in [0.15, 0.2) is 60.0 Å². The van der Waals surface area contributed by atoms with E-state index in [-0.39, 0.29) is 30.3 Å². The average molecular weight is 511 g/mol. The van der Waals surface area contributed by atoms with Crippen LogP contribution in [0.3, 0.4) is 0 Å². The van der Waals surface area contributed by atoms with Gasteiger partial charge in [-0.25, -0.2) is 14.0 Å². The number of esters is 1. The lowest BCUT2D eigenvalue weighted by Crippen LogP contribution is -2.39. The van der Waals surface area contributed by atoms with Crippen LogP contribution in [0.1, 0.15) is 56.8 Å². The van der Waals surface area contributed by atoms with Gasteiger partial charge in [0, 0.05) is 34.8 Å². The van der Waals surface area contributed by atoms with Crippen molar-refractivity contribution in [3.8, 4) is 0 Å². The van der Waals surface area contributed by atoms with E-state index in [1.807, 2.05) is 30.3 Å². The van der Waals surface area contributed by atoms with E-state index in [1.165, 1.54) is 29.5 Å². The number of hydrogen-bond donors (Lipinski definition) is 1. The number of nitrogens with one attached hydrogen (secondary N) is 1. The summed E-state index contributed by atoms with van der Waals surface area (Å²) in [5, 5.41) is 4.41. The highest BCUT2D eigenvalue weighted by Crippen LogP contribution is 2.38. The minimum absolute atomic E-state index is 0.118. The first-order valence-corrected chi connectivity index (χ1v) is 12.6. The van der Waals surface area contributed by atoms with Crippen LogP contribution in [0, 0.1) is 5.82 Å². The summed E-state index contributed by atoms with van der Waals surface area (Å²) in [6.07, 6.45) is 1.11. The summed E-state index contributed by atoms with van der Waals surface area (Å²) in [7, 11) is 0. The summed E-state index contributed by atoms with van der Waals surface area (Å²) >= 11 is 1.33. The molecule has 36 heavy (non-hydrogen) atoms. The van der Waals surface area contributed by atoms with Crippen LogP contribution in [0.4, 0.5) is 14.9 Å². The number of thiophene rings is 1. The van der Waals surface area contributed by atoms with Crippen molar-refractivity contribution < 1.29 is 28.2 Å². The molecule has 0 radical (unpaired) electrons. The Morgan fingerprint density at radius 3 is 2.67 bits per heavy atom. The lowest BCUT2D eigenvalue weighted by Gasteiger charge is -2.32. The minimum atomic E-state index is -0.549. The first-order valence-electron chi connectivity index (χ1n) is 11.8. The van der Waals surface area contributed by atoms with Crippen LogP contribution in [0.25, 0.3) is 0 Å². The van der Waals surface area contributed by atoms with E-state index in [0.717, 1.165) is 29.3 Å². The zero-order valence-electron chi connectivity index (χ0n) is 19.9. The first-order chi connectivity index (χ1) is 17.5. The van der Waals surface area contributed by atoms with Gasteiger partial charge >= 0.3 is 12.1 Å². The number of nitrogens with zero attached hydrogens (tertiary/aromatic N) is 1. The van der Waals surface area contributed by atoms with Gasteiger partial charge in [-0.15, -0.1) is 11.3 Å². The zero-order chi connectivity index (χ0) is 25.5. The predicted molar refractivity (Wildman–Crippen MR) is 135 cm³/mol. The smallest absolute Gasteiger partial charge is 0.410 e. The highest BCUT2D eigenvalue weighted by Gasteiger charge is 2.32. The van der Waals surface area contributed by atoms with Gasteiger partial charge in [-0.1, -0.05) is 36.4 Å². The molecule has 0 aliphatic carbocycles. The Morgan fingerprint density at radius 2 is 1.92 bits per heavy atom. The summed E-state index contributed by atoms with van der Waals surface area (Å²) in [5.74, 6) is -1.72. The van der Waals surface area contributed by atoms with Gasteiger partial charge in [0.25, 0.3) is 5.91 Å². The number of likely N-dealkylation sites (tertiary alicyclic amines) is 1. The molecule has 1 fully saturated rings. The summed E-state index contributed by atoms with van der Waals surface area (Å²) in [6.45, 7) is 3.02. The number of anilines is 1. The molecule has 188 valence electrons. The highest BCUT2D eigenvalue weighted by atomic mass is 32.1. The third-order valence-electron chi connectivity index (χ3n) is 5.89. The molecule has 0 saturated carbocycles. The van der Waals surface area contributed by atoms with Crippen LogP contribution < -0.4 is 5.32 Å². The second kappa shape index (κ2) is 11.8. The number of hydrogen-bond acceptors (Lipinski definition) is 6. The monoisotopic (exact) mass is 510 g/mol. The molecule has 1 unspecified atom stereocenters. The van der Waals surface area contributed by atoms with Gasteiger partial charge in [0.05, 0.1) is 17.9 Å². The second-order valence-electron chi connectivity index (χ2n) is 8.40. The molecule has 3 aromatic rings. The largest absolute Gasteiger partial charge is 0.462 e. The van der Waals surface area contributed by atoms with Crippen molar-refractivity contribution in [3.63, 3.8) is 0 Å². The Balaban J connectivity index is 1.51. The molecule has 2 heterocycles. The predicted octanol–water partition coefficient (Wildman–Crippen LogP) is 5.83. The minimum Gasteiger partial charge on any atom is -0.462 e. The summed E-state index contributed by atoms with van der Waals surface area (Å²) in [4.78, 5) is 40.7. The van der Waals surface area contributed by atoms with Crippen molar-refractivity contribution in [2.45, 2.75) is 32.3 Å². The van der Waals surface area contributed by atoms with Crippen molar-refractivity contribution in [2.75, 3.05) is 25.0 Å². The molecule has 1 aliphatic rings. The first kappa shape index (κ1) is 25.4. The highest BCUT2D eigenvalue weighted by molar-refractivity contribution is 7.11. The maximum Gasteiger partial charge on any atom is 0.410 e. The van der Waals surface area contributed by atoms with E-state index in [1.54, 1.807) is 17.2 Å². The summed E-state index contributed by atoms with van der Waals surface area (Å²) in [5.41, 5.74) is 1.63. The van der Waals surface area contributed by atoms with E-state index in [2.05, 4.69) is 5.32 Å². The molecule has 1 aliphatic heterocycles. The number of amides is 2. The molecule has 1 atom stereocenters. The van der Waals surface area contributed by atoms with Crippen LogP contribution in [-0.4, -0.2) is 42.6 Å². The number of carbonyl (C=O) groups is 3. The van der Waals surface area contributed by atoms with Crippen molar-refractivity contribution in [1.82, 2.24) is 4.90 Å². The molecule has 0 bridgehead atoms. The van der Waals surface area contributed by atoms with Gasteiger partial charge in [0.2, 0.25) is 0 Å².